The van der Waals surface area contributed by atoms with Gasteiger partial charge >= 0.3 is 6.09 Å². The monoisotopic (exact) mass is 366 g/mol. The van der Waals surface area contributed by atoms with E-state index in [1.165, 1.54) is 10.9 Å². The van der Waals surface area contributed by atoms with Crippen LogP contribution in [0.15, 0.2) is 12.3 Å². The number of ketones is 1. The van der Waals surface area contributed by atoms with E-state index >= 15 is 0 Å². The quantitative estimate of drug-likeness (QED) is 0.620. The maximum Gasteiger partial charge on any atom is 0.407 e. The Labute approximate surface area is 154 Å². The molecule has 0 aliphatic rings. The van der Waals surface area contributed by atoms with E-state index in [9.17, 15) is 14.4 Å². The van der Waals surface area contributed by atoms with E-state index < -0.39 is 23.8 Å². The number of amides is 2. The van der Waals surface area contributed by atoms with Gasteiger partial charge in [0.15, 0.2) is 0 Å². The number of carbonyl (C=O) groups is 3. The number of alkyl carbamates (subject to hydrolysis) is 1. The summed E-state index contributed by atoms with van der Waals surface area (Å²) in [6.07, 6.45) is 3.60. The normalized spacial score (nSPS) is 12.3. The van der Waals surface area contributed by atoms with Crippen LogP contribution in [0.3, 0.4) is 0 Å². The van der Waals surface area contributed by atoms with Crippen LogP contribution < -0.4 is 10.6 Å². The molecule has 0 bridgehead atoms. The standard InChI is InChI=1S/C18H30N4O4/c1-6-8-9-13(20-17(25)26-12-18(3,4)7-2)15(23)16(24)21-14-10-11-19-22(14)5/h10-11,13H,6-9,12H2,1-5H3,(H,20,25)(H,21,24)/t13-/m0/s1. The Kier molecular flexibility index (Phi) is 8.28. The SMILES string of the molecule is CCCC[C@H](NC(=O)OCC(C)(C)CC)C(=O)C(=O)Nc1ccnn1C. The molecule has 26 heavy (non-hydrogen) atoms. The van der Waals surface area contributed by atoms with Gasteiger partial charge in [0.25, 0.3) is 5.91 Å². The van der Waals surface area contributed by atoms with E-state index in [0.717, 1.165) is 12.8 Å². The molecule has 0 aliphatic heterocycles. The molecule has 1 rings (SSSR count). The first kappa shape index (κ1) is 21.7. The molecule has 1 aromatic rings. The average molecular weight is 366 g/mol. The van der Waals surface area contributed by atoms with Crippen molar-refractivity contribution in [1.29, 1.82) is 0 Å². The summed E-state index contributed by atoms with van der Waals surface area (Å²) >= 11 is 0. The highest BCUT2D eigenvalue weighted by molar-refractivity contribution is 6.42. The van der Waals surface area contributed by atoms with Gasteiger partial charge in [0.05, 0.1) is 12.8 Å². The second-order valence-electron chi connectivity index (χ2n) is 7.09. The van der Waals surface area contributed by atoms with Crippen LogP contribution in [0.2, 0.25) is 0 Å². The lowest BCUT2D eigenvalue weighted by atomic mass is 9.92. The smallest absolute Gasteiger partial charge is 0.407 e. The van der Waals surface area contributed by atoms with E-state index in [4.69, 9.17) is 4.74 Å². The Morgan fingerprint density at radius 1 is 1.31 bits per heavy atom. The molecule has 146 valence electrons. The highest BCUT2D eigenvalue weighted by atomic mass is 16.5. The molecule has 8 heteroatoms. The number of aromatic nitrogens is 2. The highest BCUT2D eigenvalue weighted by Crippen LogP contribution is 2.19. The minimum atomic E-state index is -0.916. The van der Waals surface area contributed by atoms with Crippen molar-refractivity contribution < 1.29 is 19.1 Å². The van der Waals surface area contributed by atoms with Crippen LogP contribution in [0.5, 0.6) is 0 Å². The molecule has 1 atom stereocenters. The number of aryl methyl sites for hydroxylation is 1. The number of unbranched alkanes of at least 4 members (excludes halogenated alkanes) is 1. The van der Waals surface area contributed by atoms with E-state index in [1.54, 1.807) is 13.1 Å². The highest BCUT2D eigenvalue weighted by Gasteiger charge is 2.28. The van der Waals surface area contributed by atoms with Crippen LogP contribution >= 0.6 is 0 Å². The van der Waals surface area contributed by atoms with Gasteiger partial charge in [-0.2, -0.15) is 5.10 Å². The fourth-order valence-corrected chi connectivity index (χ4v) is 2.06. The zero-order valence-corrected chi connectivity index (χ0v) is 16.3. The fraction of sp³-hybridized carbons (Fsp3) is 0.667. The number of anilines is 1. The van der Waals surface area contributed by atoms with Crippen LogP contribution in [-0.4, -0.2) is 40.2 Å². The van der Waals surface area contributed by atoms with Gasteiger partial charge in [-0.25, -0.2) is 4.79 Å². The Balaban J connectivity index is 2.69. The summed E-state index contributed by atoms with van der Waals surface area (Å²) in [4.78, 5) is 36.7. The zero-order valence-electron chi connectivity index (χ0n) is 16.3. The van der Waals surface area contributed by atoms with Crippen molar-refractivity contribution >= 4 is 23.6 Å². The molecule has 0 radical (unpaired) electrons. The molecule has 1 heterocycles. The Morgan fingerprint density at radius 2 is 2.00 bits per heavy atom. The molecule has 0 aliphatic carbocycles. The van der Waals surface area contributed by atoms with Crippen molar-refractivity contribution in [2.24, 2.45) is 12.5 Å². The summed E-state index contributed by atoms with van der Waals surface area (Å²) in [6, 6.07) is 0.668. The van der Waals surface area contributed by atoms with E-state index in [2.05, 4.69) is 15.7 Å². The number of ether oxygens (including phenoxy) is 1. The lowest BCUT2D eigenvalue weighted by Crippen LogP contribution is -2.46. The van der Waals surface area contributed by atoms with Crippen molar-refractivity contribution in [3.63, 3.8) is 0 Å². The van der Waals surface area contributed by atoms with Crippen LogP contribution in [0.25, 0.3) is 0 Å². The molecule has 0 saturated carbocycles. The van der Waals surface area contributed by atoms with Crippen LogP contribution in [-0.2, 0) is 21.4 Å². The molecule has 0 spiro atoms. The third kappa shape index (κ3) is 6.85. The number of hydrogen-bond acceptors (Lipinski definition) is 5. The molecule has 2 amide bonds. The van der Waals surface area contributed by atoms with Crippen molar-refractivity contribution in [2.75, 3.05) is 11.9 Å². The molecule has 8 nitrogen and oxygen atoms in total. The van der Waals surface area contributed by atoms with Crippen molar-refractivity contribution in [3.8, 4) is 0 Å². The summed E-state index contributed by atoms with van der Waals surface area (Å²) in [5.74, 6) is -1.08. The zero-order chi connectivity index (χ0) is 19.7. The number of nitrogens with zero attached hydrogens (tertiary/aromatic N) is 2. The van der Waals surface area contributed by atoms with E-state index in [-0.39, 0.29) is 12.0 Å². The van der Waals surface area contributed by atoms with Crippen molar-refractivity contribution in [1.82, 2.24) is 15.1 Å². The fourth-order valence-electron chi connectivity index (χ4n) is 2.06. The first-order valence-corrected chi connectivity index (χ1v) is 8.96. The number of hydrogen-bond donors (Lipinski definition) is 2. The first-order valence-electron chi connectivity index (χ1n) is 8.96. The second kappa shape index (κ2) is 9.94. The van der Waals surface area contributed by atoms with Crippen LogP contribution in [0.4, 0.5) is 10.6 Å². The van der Waals surface area contributed by atoms with Gasteiger partial charge in [-0.1, -0.05) is 40.5 Å². The van der Waals surface area contributed by atoms with Gasteiger partial charge in [0.1, 0.15) is 11.9 Å². The van der Waals surface area contributed by atoms with Gasteiger partial charge in [-0.05, 0) is 18.3 Å². The van der Waals surface area contributed by atoms with Crippen LogP contribution in [0, 0.1) is 5.41 Å². The molecule has 0 saturated heterocycles. The second-order valence-corrected chi connectivity index (χ2v) is 7.09. The molecular weight excluding hydrogens is 336 g/mol. The number of nitrogens with one attached hydrogen (secondary N) is 2. The van der Waals surface area contributed by atoms with Crippen molar-refractivity contribution in [3.05, 3.63) is 12.3 Å². The maximum absolute atomic E-state index is 12.5. The summed E-state index contributed by atoms with van der Waals surface area (Å²) in [5.41, 5.74) is -0.142. The van der Waals surface area contributed by atoms with Crippen molar-refractivity contribution in [2.45, 2.75) is 59.4 Å². The predicted octanol–water partition coefficient (Wildman–Crippen LogP) is 2.65. The molecule has 0 aromatic carbocycles. The third-order valence-corrected chi connectivity index (χ3v) is 4.29. The summed E-state index contributed by atoms with van der Waals surface area (Å²) in [5, 5.41) is 8.96. The molecule has 2 N–H and O–H groups in total. The Bertz CT molecular complexity index is 624. The number of Topliss-reactive ketones (excluding diaryl/α,β-unsaturated/α-hetero) is 1. The predicted molar refractivity (Wildman–Crippen MR) is 98.7 cm³/mol. The molecular formula is C18H30N4O4. The summed E-state index contributed by atoms with van der Waals surface area (Å²) in [7, 11) is 1.65. The van der Waals surface area contributed by atoms with Gasteiger partial charge in [0, 0.05) is 13.1 Å². The lowest BCUT2D eigenvalue weighted by Gasteiger charge is -2.23. The summed E-state index contributed by atoms with van der Waals surface area (Å²) in [6.45, 7) is 8.20. The summed E-state index contributed by atoms with van der Waals surface area (Å²) < 4.78 is 6.66. The molecule has 0 fully saturated rings. The van der Waals surface area contributed by atoms with Gasteiger partial charge in [-0.3, -0.25) is 14.3 Å². The van der Waals surface area contributed by atoms with Crippen LogP contribution in [0.1, 0.15) is 53.4 Å². The van der Waals surface area contributed by atoms with Gasteiger partial charge in [-0.15, -0.1) is 0 Å². The number of rotatable bonds is 10. The Morgan fingerprint density at radius 3 is 2.54 bits per heavy atom. The minimum absolute atomic E-state index is 0.142. The topological polar surface area (TPSA) is 102 Å². The maximum atomic E-state index is 12.5. The minimum Gasteiger partial charge on any atom is -0.449 e. The first-order chi connectivity index (χ1) is 12.2. The number of carbonyl (C=O) groups excluding carboxylic acids is 3. The Hall–Kier alpha value is -2.38. The van der Waals surface area contributed by atoms with Gasteiger partial charge < -0.3 is 15.4 Å². The van der Waals surface area contributed by atoms with E-state index in [0.29, 0.717) is 18.7 Å². The largest absolute Gasteiger partial charge is 0.449 e. The lowest BCUT2D eigenvalue weighted by molar-refractivity contribution is -0.136. The molecule has 1 aromatic heterocycles. The third-order valence-electron chi connectivity index (χ3n) is 4.29. The average Bonchev–Trinajstić information content (AvgIpc) is 3.01. The van der Waals surface area contributed by atoms with Gasteiger partial charge in [0.2, 0.25) is 5.78 Å². The van der Waals surface area contributed by atoms with E-state index in [1.807, 2.05) is 27.7 Å². The molecule has 0 unspecified atom stereocenters.